The normalized spacial score (nSPS) is 12.7. The predicted octanol–water partition coefficient (Wildman–Crippen LogP) is 3.43. The zero-order chi connectivity index (χ0) is 11.3. The third-order valence-corrected chi connectivity index (χ3v) is 3.17. The Labute approximate surface area is 99.8 Å². The van der Waals surface area contributed by atoms with Crippen molar-refractivity contribution >= 4 is 15.9 Å². The van der Waals surface area contributed by atoms with Gasteiger partial charge in [-0.2, -0.15) is 0 Å². The van der Waals surface area contributed by atoms with E-state index in [9.17, 15) is 5.11 Å². The molecule has 0 fully saturated rings. The van der Waals surface area contributed by atoms with Gasteiger partial charge in [-0.05, 0) is 37.1 Å². The van der Waals surface area contributed by atoms with Gasteiger partial charge in [-0.15, -0.1) is 0 Å². The maximum absolute atomic E-state index is 9.36. The molecule has 1 unspecified atom stereocenters. The van der Waals surface area contributed by atoms with E-state index in [1.807, 2.05) is 6.07 Å². The maximum atomic E-state index is 9.36. The van der Waals surface area contributed by atoms with Crippen molar-refractivity contribution in [2.45, 2.75) is 39.3 Å². The Balaban J connectivity index is 2.53. The molecular formula is C12H18BrNO. The van der Waals surface area contributed by atoms with Crippen molar-refractivity contribution in [1.29, 1.82) is 0 Å². The lowest BCUT2D eigenvalue weighted by molar-refractivity contribution is 0.471. The first-order valence-electron chi connectivity index (χ1n) is 5.34. The lowest BCUT2D eigenvalue weighted by Gasteiger charge is -2.13. The molecule has 0 heterocycles. The summed E-state index contributed by atoms with van der Waals surface area (Å²) >= 11 is 3.47. The van der Waals surface area contributed by atoms with Crippen LogP contribution in [0.5, 0.6) is 5.75 Å². The number of halogens is 1. The smallest absolute Gasteiger partial charge is 0.115 e. The zero-order valence-electron chi connectivity index (χ0n) is 9.26. The van der Waals surface area contributed by atoms with E-state index in [0.717, 1.165) is 16.6 Å². The molecular weight excluding hydrogens is 254 g/mol. The molecule has 2 nitrogen and oxygen atoms in total. The highest BCUT2D eigenvalue weighted by Gasteiger charge is 2.03. The van der Waals surface area contributed by atoms with Crippen LogP contribution in [0.15, 0.2) is 22.7 Å². The topological polar surface area (TPSA) is 32.3 Å². The minimum atomic E-state index is 0.318. The molecule has 1 rings (SSSR count). The van der Waals surface area contributed by atoms with Crippen molar-refractivity contribution < 1.29 is 5.11 Å². The molecule has 84 valence electrons. The monoisotopic (exact) mass is 271 g/mol. The first-order valence-corrected chi connectivity index (χ1v) is 6.13. The molecule has 0 spiro atoms. The van der Waals surface area contributed by atoms with E-state index in [1.165, 1.54) is 12.8 Å². The van der Waals surface area contributed by atoms with Gasteiger partial charge in [0, 0.05) is 17.1 Å². The summed E-state index contributed by atoms with van der Waals surface area (Å²) in [4.78, 5) is 0. The number of aromatic hydroxyl groups is 1. The standard InChI is InChI=1S/C12H18BrNO/c1-3-4-9(2)14-8-10-7-11(15)5-6-12(10)13/h5-7,9,14-15H,3-4,8H2,1-2H3. The van der Waals surface area contributed by atoms with Gasteiger partial charge in [0.1, 0.15) is 5.75 Å². The number of hydrogen-bond donors (Lipinski definition) is 2. The number of benzene rings is 1. The molecule has 0 saturated heterocycles. The number of rotatable bonds is 5. The van der Waals surface area contributed by atoms with E-state index < -0.39 is 0 Å². The molecule has 0 saturated carbocycles. The summed E-state index contributed by atoms with van der Waals surface area (Å²) in [7, 11) is 0. The second kappa shape index (κ2) is 6.13. The second-order valence-corrected chi connectivity index (χ2v) is 4.70. The predicted molar refractivity (Wildman–Crippen MR) is 67.0 cm³/mol. The van der Waals surface area contributed by atoms with Gasteiger partial charge >= 0.3 is 0 Å². The van der Waals surface area contributed by atoms with Crippen molar-refractivity contribution in [3.05, 3.63) is 28.2 Å². The van der Waals surface area contributed by atoms with Crippen molar-refractivity contribution in [1.82, 2.24) is 5.32 Å². The minimum absolute atomic E-state index is 0.318. The Kier molecular flexibility index (Phi) is 5.12. The molecule has 1 atom stereocenters. The maximum Gasteiger partial charge on any atom is 0.115 e. The van der Waals surface area contributed by atoms with Gasteiger partial charge in [0.2, 0.25) is 0 Å². The van der Waals surface area contributed by atoms with Crippen LogP contribution in [0.3, 0.4) is 0 Å². The Morgan fingerprint density at radius 1 is 1.47 bits per heavy atom. The number of phenols is 1. The second-order valence-electron chi connectivity index (χ2n) is 3.85. The van der Waals surface area contributed by atoms with Crippen LogP contribution in [-0.2, 0) is 6.54 Å². The van der Waals surface area contributed by atoms with Gasteiger partial charge in [-0.1, -0.05) is 29.3 Å². The highest BCUT2D eigenvalue weighted by molar-refractivity contribution is 9.10. The average molecular weight is 272 g/mol. The van der Waals surface area contributed by atoms with Crippen molar-refractivity contribution in [2.24, 2.45) is 0 Å². The quantitative estimate of drug-likeness (QED) is 0.860. The van der Waals surface area contributed by atoms with Crippen LogP contribution in [-0.4, -0.2) is 11.1 Å². The zero-order valence-corrected chi connectivity index (χ0v) is 10.8. The summed E-state index contributed by atoms with van der Waals surface area (Å²) < 4.78 is 1.04. The van der Waals surface area contributed by atoms with Crippen LogP contribution in [0, 0.1) is 0 Å². The summed E-state index contributed by atoms with van der Waals surface area (Å²) in [5.74, 6) is 0.318. The number of nitrogens with one attached hydrogen (secondary N) is 1. The summed E-state index contributed by atoms with van der Waals surface area (Å²) in [5.41, 5.74) is 1.10. The highest BCUT2D eigenvalue weighted by atomic mass is 79.9. The molecule has 2 N–H and O–H groups in total. The van der Waals surface area contributed by atoms with E-state index in [-0.39, 0.29) is 0 Å². The number of phenolic OH excluding ortho intramolecular Hbond substituents is 1. The largest absolute Gasteiger partial charge is 0.508 e. The molecule has 0 aliphatic carbocycles. The SMILES string of the molecule is CCCC(C)NCc1cc(O)ccc1Br. The van der Waals surface area contributed by atoms with E-state index in [2.05, 4.69) is 35.1 Å². The van der Waals surface area contributed by atoms with Gasteiger partial charge in [0.15, 0.2) is 0 Å². The van der Waals surface area contributed by atoms with Crippen LogP contribution in [0.25, 0.3) is 0 Å². The molecule has 0 amide bonds. The summed E-state index contributed by atoms with van der Waals surface area (Å²) in [6.07, 6.45) is 2.37. The third kappa shape index (κ3) is 4.22. The molecule has 1 aromatic rings. The van der Waals surface area contributed by atoms with Gasteiger partial charge < -0.3 is 10.4 Å². The molecule has 0 aliphatic rings. The van der Waals surface area contributed by atoms with E-state index in [4.69, 9.17) is 0 Å². The highest BCUT2D eigenvalue weighted by Crippen LogP contribution is 2.21. The van der Waals surface area contributed by atoms with Crippen LogP contribution < -0.4 is 5.32 Å². The fourth-order valence-corrected chi connectivity index (χ4v) is 1.90. The summed E-state index contributed by atoms with van der Waals surface area (Å²) in [6, 6.07) is 5.86. The lowest BCUT2D eigenvalue weighted by Crippen LogP contribution is -2.25. The number of hydrogen-bond acceptors (Lipinski definition) is 2. The van der Waals surface area contributed by atoms with Gasteiger partial charge in [0.05, 0.1) is 0 Å². The summed E-state index contributed by atoms with van der Waals surface area (Å²) in [5, 5.41) is 12.8. The Hall–Kier alpha value is -0.540. The Morgan fingerprint density at radius 2 is 2.20 bits per heavy atom. The molecule has 0 aliphatic heterocycles. The van der Waals surface area contributed by atoms with E-state index >= 15 is 0 Å². The lowest BCUT2D eigenvalue weighted by atomic mass is 10.1. The van der Waals surface area contributed by atoms with Gasteiger partial charge in [-0.25, -0.2) is 0 Å². The van der Waals surface area contributed by atoms with Crippen molar-refractivity contribution in [3.8, 4) is 5.75 Å². The third-order valence-electron chi connectivity index (χ3n) is 2.39. The Bertz CT molecular complexity index is 314. The van der Waals surface area contributed by atoms with Crippen molar-refractivity contribution in [2.75, 3.05) is 0 Å². The van der Waals surface area contributed by atoms with Crippen LogP contribution in [0.4, 0.5) is 0 Å². The molecule has 0 aromatic heterocycles. The molecule has 1 aromatic carbocycles. The van der Waals surface area contributed by atoms with Crippen molar-refractivity contribution in [3.63, 3.8) is 0 Å². The average Bonchev–Trinajstić information content (AvgIpc) is 2.20. The molecule has 0 bridgehead atoms. The first kappa shape index (κ1) is 12.5. The Morgan fingerprint density at radius 3 is 2.87 bits per heavy atom. The molecule has 0 radical (unpaired) electrons. The molecule has 3 heteroatoms. The molecule has 15 heavy (non-hydrogen) atoms. The van der Waals surface area contributed by atoms with Gasteiger partial charge in [0.25, 0.3) is 0 Å². The fraction of sp³-hybridized carbons (Fsp3) is 0.500. The van der Waals surface area contributed by atoms with Crippen LogP contribution in [0.1, 0.15) is 32.3 Å². The van der Waals surface area contributed by atoms with Crippen LogP contribution >= 0.6 is 15.9 Å². The minimum Gasteiger partial charge on any atom is -0.508 e. The van der Waals surface area contributed by atoms with E-state index in [0.29, 0.717) is 11.8 Å². The fourth-order valence-electron chi connectivity index (χ4n) is 1.52. The summed E-state index contributed by atoms with van der Waals surface area (Å²) in [6.45, 7) is 5.15. The van der Waals surface area contributed by atoms with Crippen LogP contribution in [0.2, 0.25) is 0 Å². The van der Waals surface area contributed by atoms with Gasteiger partial charge in [-0.3, -0.25) is 0 Å². The first-order chi connectivity index (χ1) is 7.13. The van der Waals surface area contributed by atoms with E-state index in [1.54, 1.807) is 12.1 Å².